The van der Waals surface area contributed by atoms with Gasteiger partial charge in [-0.2, -0.15) is 0 Å². The van der Waals surface area contributed by atoms with Crippen molar-refractivity contribution in [1.29, 1.82) is 0 Å². The number of aliphatic hydroxyl groups excluding tert-OH is 2. The molecule has 0 unspecified atom stereocenters. The minimum Gasteiger partial charge on any atom is -0.509 e. The van der Waals surface area contributed by atoms with Crippen molar-refractivity contribution in [3.8, 4) is 11.5 Å². The number of carbonyl (C=O) groups is 4. The summed E-state index contributed by atoms with van der Waals surface area (Å²) in [4.78, 5) is 46.8. The first-order valence-corrected chi connectivity index (χ1v) is 19.6. The van der Waals surface area contributed by atoms with E-state index in [0.29, 0.717) is 24.7 Å². The van der Waals surface area contributed by atoms with E-state index in [1.165, 1.54) is 105 Å². The predicted octanol–water partition coefficient (Wildman–Crippen LogP) is 11.5. The zero-order chi connectivity index (χ0) is 40.1. The van der Waals surface area contributed by atoms with Crippen LogP contribution in [0.25, 0.3) is 0 Å². The number of hydrogen-bond donors (Lipinski definition) is 2. The van der Waals surface area contributed by atoms with Crippen LogP contribution in [0.15, 0.2) is 71.6 Å². The van der Waals surface area contributed by atoms with E-state index in [1.807, 2.05) is 0 Å². The number of Topliss-reactive ketones (excluding diaryl/α,β-unsaturated/α-hetero) is 2. The van der Waals surface area contributed by atoms with Crippen LogP contribution in [-0.2, 0) is 36.1 Å². The van der Waals surface area contributed by atoms with Gasteiger partial charge in [-0.05, 0) is 75.2 Å². The van der Waals surface area contributed by atoms with E-state index in [1.54, 1.807) is 48.5 Å². The number of benzene rings is 2. The van der Waals surface area contributed by atoms with Gasteiger partial charge < -0.3 is 29.2 Å². The molecule has 0 spiro atoms. The van der Waals surface area contributed by atoms with Crippen molar-refractivity contribution in [2.24, 2.45) is 0 Å². The molecule has 0 aliphatic heterocycles. The van der Waals surface area contributed by atoms with E-state index in [-0.39, 0.29) is 51.2 Å². The Bertz CT molecular complexity index is 1340. The summed E-state index contributed by atoms with van der Waals surface area (Å²) in [5.74, 6) is -2.33. The zero-order valence-electron chi connectivity index (χ0n) is 33.8. The van der Waals surface area contributed by atoms with Gasteiger partial charge >= 0.3 is 11.9 Å². The Labute approximate surface area is 339 Å². The van der Waals surface area contributed by atoms with Gasteiger partial charge in [0.1, 0.15) is 23.0 Å². The Morgan fingerprint density at radius 3 is 0.982 bits per heavy atom. The van der Waals surface area contributed by atoms with E-state index in [9.17, 15) is 29.4 Å². The average molecular weight is 817 g/mol. The summed E-state index contributed by atoms with van der Waals surface area (Å²) in [6.45, 7) is 10.8. The van der Waals surface area contributed by atoms with Crippen LogP contribution in [0, 0.1) is 0 Å². The van der Waals surface area contributed by atoms with Crippen molar-refractivity contribution in [2.75, 3.05) is 13.2 Å². The molecular weight excluding hydrogens is 752 g/mol. The fourth-order valence-corrected chi connectivity index (χ4v) is 5.33. The number of ether oxygens (including phenoxy) is 4. The molecule has 2 rings (SSSR count). The molecule has 0 aliphatic rings. The average Bonchev–Trinajstić information content (AvgIpc) is 3.14. The van der Waals surface area contributed by atoms with Gasteiger partial charge in [-0.1, -0.05) is 104 Å². The van der Waals surface area contributed by atoms with E-state index in [4.69, 9.17) is 18.9 Å². The monoisotopic (exact) mass is 815 g/mol. The molecule has 0 saturated carbocycles. The van der Waals surface area contributed by atoms with Gasteiger partial charge in [0.15, 0.2) is 11.6 Å². The van der Waals surface area contributed by atoms with Gasteiger partial charge in [0.25, 0.3) is 0 Å². The molecule has 0 atom stereocenters. The predicted molar refractivity (Wildman–Crippen MR) is 212 cm³/mol. The van der Waals surface area contributed by atoms with Gasteiger partial charge in [-0.3, -0.25) is 9.59 Å². The van der Waals surface area contributed by atoms with Crippen LogP contribution in [0.5, 0.6) is 11.5 Å². The van der Waals surface area contributed by atoms with Gasteiger partial charge in [0.2, 0.25) is 11.5 Å². The molecule has 10 nitrogen and oxygen atoms in total. The van der Waals surface area contributed by atoms with Crippen LogP contribution >= 0.6 is 0 Å². The number of allylic oxidation sites excluding steroid dienone is 4. The van der Waals surface area contributed by atoms with Gasteiger partial charge in [0.05, 0.1) is 24.3 Å². The Hall–Kier alpha value is -4.08. The Morgan fingerprint density at radius 1 is 0.455 bits per heavy atom. The molecule has 11 heteroatoms. The van der Waals surface area contributed by atoms with Crippen molar-refractivity contribution in [3.63, 3.8) is 0 Å². The summed E-state index contributed by atoms with van der Waals surface area (Å²) in [6.07, 6.45) is 20.0. The fraction of sp³-hybridized carbons (Fsp3) is 0.545. The number of ketones is 2. The fourth-order valence-electron chi connectivity index (χ4n) is 5.33. The molecule has 0 aromatic heterocycles. The number of aliphatic hydroxyl groups is 2. The first kappa shape index (κ1) is 50.9. The van der Waals surface area contributed by atoms with Gasteiger partial charge in [-0.25, -0.2) is 9.59 Å². The summed E-state index contributed by atoms with van der Waals surface area (Å²) in [6, 6.07) is 13.1. The number of esters is 2. The first-order chi connectivity index (χ1) is 25.9. The summed E-state index contributed by atoms with van der Waals surface area (Å²) in [5, 5.41) is 18.8. The SMILES string of the molecule is CCCCCCCCCCOc1ccc(C(=O)O/C(C(C)=O)=C(\C)O)cc1.CCCCCCCCCCOc1ccc(C(=O)O/C(C(C)=O)=C(\C)O)cc1.[Cu]. The van der Waals surface area contributed by atoms with Crippen molar-refractivity contribution in [1.82, 2.24) is 0 Å². The van der Waals surface area contributed by atoms with E-state index in [0.717, 1.165) is 25.7 Å². The minimum atomic E-state index is -0.691. The van der Waals surface area contributed by atoms with Crippen LogP contribution in [0.1, 0.15) is 165 Å². The maximum absolute atomic E-state index is 12.0. The van der Waals surface area contributed by atoms with Crippen molar-refractivity contribution >= 4 is 23.5 Å². The van der Waals surface area contributed by atoms with E-state index in [2.05, 4.69) is 13.8 Å². The molecule has 311 valence electrons. The van der Waals surface area contributed by atoms with Crippen molar-refractivity contribution in [3.05, 3.63) is 82.7 Å². The van der Waals surface area contributed by atoms with Crippen LogP contribution in [-0.4, -0.2) is 46.9 Å². The maximum atomic E-state index is 12.0. The minimum absolute atomic E-state index is 0. The second-order valence-electron chi connectivity index (χ2n) is 13.4. The Kier molecular flexibility index (Phi) is 28.8. The van der Waals surface area contributed by atoms with Crippen molar-refractivity contribution in [2.45, 2.75) is 144 Å². The second-order valence-corrected chi connectivity index (χ2v) is 13.4. The third-order valence-corrected chi connectivity index (χ3v) is 8.40. The second kappa shape index (κ2) is 31.2. The molecule has 0 fully saturated rings. The van der Waals surface area contributed by atoms with Crippen LogP contribution in [0.2, 0.25) is 0 Å². The van der Waals surface area contributed by atoms with Crippen LogP contribution < -0.4 is 9.47 Å². The molecule has 0 aliphatic carbocycles. The quantitative estimate of drug-likeness (QED) is 0.0309. The molecule has 1 radical (unpaired) electrons. The first-order valence-electron chi connectivity index (χ1n) is 19.6. The molecule has 2 N–H and O–H groups in total. The van der Waals surface area contributed by atoms with Crippen LogP contribution in [0.4, 0.5) is 0 Å². The summed E-state index contributed by atoms with van der Waals surface area (Å²) in [5.41, 5.74) is 0.573. The normalized spacial score (nSPS) is 11.5. The Balaban J connectivity index is 0.00000104. The molecule has 55 heavy (non-hydrogen) atoms. The molecule has 0 bridgehead atoms. The molecule has 2 aromatic carbocycles. The topological polar surface area (TPSA) is 146 Å². The number of unbranched alkanes of at least 4 members (excludes halogenated alkanes) is 14. The third-order valence-electron chi connectivity index (χ3n) is 8.40. The summed E-state index contributed by atoms with van der Waals surface area (Å²) in [7, 11) is 0. The van der Waals surface area contributed by atoms with Crippen LogP contribution in [0.3, 0.4) is 0 Å². The summed E-state index contributed by atoms with van der Waals surface area (Å²) >= 11 is 0. The van der Waals surface area contributed by atoms with E-state index >= 15 is 0 Å². The molecule has 2 aromatic rings. The number of carbonyl (C=O) groups excluding carboxylic acids is 4. The molecule has 0 amide bonds. The zero-order valence-corrected chi connectivity index (χ0v) is 34.8. The van der Waals surface area contributed by atoms with Gasteiger partial charge in [-0.15, -0.1) is 0 Å². The largest absolute Gasteiger partial charge is 0.509 e. The summed E-state index contributed by atoms with van der Waals surface area (Å²) < 4.78 is 21.3. The molecule has 0 saturated heterocycles. The third kappa shape index (κ3) is 23.4. The molecule has 0 heterocycles. The smallest absolute Gasteiger partial charge is 0.343 e. The Morgan fingerprint density at radius 2 is 0.727 bits per heavy atom. The maximum Gasteiger partial charge on any atom is 0.343 e. The number of hydrogen-bond acceptors (Lipinski definition) is 10. The van der Waals surface area contributed by atoms with Gasteiger partial charge in [0, 0.05) is 30.9 Å². The number of rotatable bonds is 26. The molecular formula is C44H64CuO10. The van der Waals surface area contributed by atoms with Crippen molar-refractivity contribution < 1.29 is 65.4 Å². The van der Waals surface area contributed by atoms with E-state index < -0.39 is 23.5 Å². The standard InChI is InChI=1S/2C22H32O5.Cu/c2*1-4-5-6-7-8-9-10-11-16-26-20-14-12-19(13-15-20)22(25)27-21(17(2)23)18(3)24;/h2*12-15,23H,4-11,16H2,1-3H3;/b2*21-17+;.